The fourth-order valence-corrected chi connectivity index (χ4v) is 4.31. The SMILES string of the molecule is COc1cc(C=Cc2nc3n(n2)CCC[C@]3(C#N)c2ccc(F)c(F)c2)cnc1-n1cnc(C)c1. The predicted molar refractivity (Wildman–Crippen MR) is 124 cm³/mol. The Morgan fingerprint density at radius 2 is 2.03 bits per heavy atom. The number of rotatable bonds is 5. The molecule has 0 N–H and O–H groups in total. The molecule has 0 saturated heterocycles. The molecular formula is C25H21F2N7O. The molecule has 0 unspecified atom stereocenters. The number of nitrogens with zero attached hydrogens (tertiary/aromatic N) is 7. The van der Waals surface area contributed by atoms with E-state index in [2.05, 4.69) is 26.1 Å². The van der Waals surface area contributed by atoms with Crippen molar-refractivity contribution < 1.29 is 13.5 Å². The van der Waals surface area contributed by atoms with Gasteiger partial charge in [0.1, 0.15) is 11.7 Å². The van der Waals surface area contributed by atoms with E-state index in [1.165, 1.54) is 6.07 Å². The van der Waals surface area contributed by atoms with Gasteiger partial charge in [-0.3, -0.25) is 4.57 Å². The van der Waals surface area contributed by atoms with Gasteiger partial charge in [0.2, 0.25) is 0 Å². The molecule has 3 aromatic heterocycles. The Balaban J connectivity index is 1.47. The van der Waals surface area contributed by atoms with Crippen LogP contribution in [0.5, 0.6) is 5.75 Å². The first-order chi connectivity index (χ1) is 16.9. The van der Waals surface area contributed by atoms with Gasteiger partial charge < -0.3 is 4.74 Å². The summed E-state index contributed by atoms with van der Waals surface area (Å²) in [5, 5.41) is 14.6. The van der Waals surface area contributed by atoms with E-state index in [4.69, 9.17) is 4.74 Å². The number of benzene rings is 1. The van der Waals surface area contributed by atoms with Crippen molar-refractivity contribution in [3.8, 4) is 17.6 Å². The van der Waals surface area contributed by atoms with Crippen LogP contribution in [0.1, 0.15) is 41.3 Å². The monoisotopic (exact) mass is 473 g/mol. The van der Waals surface area contributed by atoms with Crippen molar-refractivity contribution in [2.45, 2.75) is 31.7 Å². The molecular weight excluding hydrogens is 452 g/mol. The normalized spacial score (nSPS) is 17.3. The number of aromatic nitrogens is 6. The van der Waals surface area contributed by atoms with Crippen LogP contribution in [0.15, 0.2) is 43.0 Å². The van der Waals surface area contributed by atoms with E-state index in [1.807, 2.05) is 19.2 Å². The molecule has 0 fully saturated rings. The maximum Gasteiger partial charge on any atom is 0.180 e. The fraction of sp³-hybridized carbons (Fsp3) is 0.240. The minimum Gasteiger partial charge on any atom is -0.493 e. The third-order valence-corrected chi connectivity index (χ3v) is 6.05. The molecule has 8 nitrogen and oxygen atoms in total. The second-order valence-electron chi connectivity index (χ2n) is 8.32. The zero-order valence-corrected chi connectivity index (χ0v) is 19.1. The van der Waals surface area contributed by atoms with Gasteiger partial charge in [-0.05, 0) is 61.2 Å². The lowest BCUT2D eigenvalue weighted by atomic mass is 9.75. The first-order valence-corrected chi connectivity index (χ1v) is 11.0. The number of halogens is 2. The Bertz CT molecular complexity index is 1480. The minimum absolute atomic E-state index is 0.363. The molecule has 1 atom stereocenters. The van der Waals surface area contributed by atoms with Crippen LogP contribution in [0.2, 0.25) is 0 Å². The molecule has 0 saturated carbocycles. The van der Waals surface area contributed by atoms with Crippen molar-refractivity contribution in [3.05, 3.63) is 83.1 Å². The average molecular weight is 473 g/mol. The molecule has 1 aromatic carbocycles. The molecule has 4 aromatic rings. The Morgan fingerprint density at radius 1 is 1.17 bits per heavy atom. The topological polar surface area (TPSA) is 94.4 Å². The molecule has 5 rings (SSSR count). The molecule has 1 aliphatic heterocycles. The van der Waals surface area contributed by atoms with Crippen molar-refractivity contribution in [3.63, 3.8) is 0 Å². The van der Waals surface area contributed by atoms with E-state index in [0.29, 0.717) is 48.2 Å². The van der Waals surface area contributed by atoms with Crippen LogP contribution in [0, 0.1) is 29.9 Å². The molecule has 176 valence electrons. The number of imidazole rings is 1. The Morgan fingerprint density at radius 3 is 2.74 bits per heavy atom. The maximum absolute atomic E-state index is 14.0. The number of hydrogen-bond acceptors (Lipinski definition) is 6. The molecule has 10 heteroatoms. The lowest BCUT2D eigenvalue weighted by Crippen LogP contribution is -2.34. The summed E-state index contributed by atoms with van der Waals surface area (Å²) in [5.74, 6) is 0.0519. The van der Waals surface area contributed by atoms with Gasteiger partial charge >= 0.3 is 0 Å². The Kier molecular flexibility index (Phi) is 5.61. The number of hydrogen-bond donors (Lipinski definition) is 0. The quantitative estimate of drug-likeness (QED) is 0.431. The van der Waals surface area contributed by atoms with E-state index in [9.17, 15) is 14.0 Å². The lowest BCUT2D eigenvalue weighted by molar-refractivity contribution is 0.390. The zero-order valence-electron chi connectivity index (χ0n) is 19.1. The summed E-state index contributed by atoms with van der Waals surface area (Å²) in [6.07, 6.45) is 9.83. The molecule has 0 bridgehead atoms. The molecule has 0 spiro atoms. The second kappa shape index (κ2) is 8.76. The first kappa shape index (κ1) is 22.4. The van der Waals surface area contributed by atoms with Crippen molar-refractivity contribution in [1.29, 1.82) is 5.26 Å². The largest absolute Gasteiger partial charge is 0.493 e. The van der Waals surface area contributed by atoms with Gasteiger partial charge in [0.05, 0.1) is 18.9 Å². The molecule has 0 amide bonds. The number of fused-ring (bicyclic) bond motifs is 1. The first-order valence-electron chi connectivity index (χ1n) is 11.0. The summed E-state index contributed by atoms with van der Waals surface area (Å²) in [4.78, 5) is 13.3. The summed E-state index contributed by atoms with van der Waals surface area (Å²) in [7, 11) is 1.57. The summed E-state index contributed by atoms with van der Waals surface area (Å²) in [5.41, 5.74) is 0.787. The Hall–Kier alpha value is -4.39. The summed E-state index contributed by atoms with van der Waals surface area (Å²) < 4.78 is 36.4. The molecule has 35 heavy (non-hydrogen) atoms. The van der Waals surface area contributed by atoms with E-state index in [0.717, 1.165) is 23.4 Å². The van der Waals surface area contributed by atoms with Crippen LogP contribution in [-0.2, 0) is 12.0 Å². The Labute approximate surface area is 200 Å². The fourth-order valence-electron chi connectivity index (χ4n) is 4.31. The van der Waals surface area contributed by atoms with Crippen LogP contribution in [0.3, 0.4) is 0 Å². The molecule has 0 radical (unpaired) electrons. The summed E-state index contributed by atoms with van der Waals surface area (Å²) in [6.45, 7) is 2.48. The van der Waals surface area contributed by atoms with Gasteiger partial charge in [0.25, 0.3) is 0 Å². The van der Waals surface area contributed by atoms with Crippen LogP contribution in [0.4, 0.5) is 8.78 Å². The van der Waals surface area contributed by atoms with Crippen LogP contribution < -0.4 is 4.74 Å². The predicted octanol–water partition coefficient (Wildman–Crippen LogP) is 4.23. The highest BCUT2D eigenvalue weighted by Crippen LogP contribution is 2.39. The van der Waals surface area contributed by atoms with E-state index < -0.39 is 17.0 Å². The minimum atomic E-state index is -1.21. The van der Waals surface area contributed by atoms with Gasteiger partial charge in [-0.15, -0.1) is 0 Å². The van der Waals surface area contributed by atoms with E-state index >= 15 is 0 Å². The zero-order chi connectivity index (χ0) is 24.6. The van der Waals surface area contributed by atoms with Gasteiger partial charge in [0, 0.05) is 18.9 Å². The van der Waals surface area contributed by atoms with Gasteiger partial charge in [-0.25, -0.2) is 28.4 Å². The molecule has 4 heterocycles. The van der Waals surface area contributed by atoms with Crippen molar-refractivity contribution >= 4 is 12.2 Å². The van der Waals surface area contributed by atoms with Gasteiger partial charge in [-0.1, -0.05) is 6.07 Å². The number of pyridine rings is 1. The third-order valence-electron chi connectivity index (χ3n) is 6.05. The average Bonchev–Trinajstić information content (AvgIpc) is 3.50. The highest BCUT2D eigenvalue weighted by Gasteiger charge is 2.42. The highest BCUT2D eigenvalue weighted by molar-refractivity contribution is 5.68. The lowest BCUT2D eigenvalue weighted by Gasteiger charge is -2.30. The van der Waals surface area contributed by atoms with Crippen molar-refractivity contribution in [1.82, 2.24) is 29.3 Å². The number of ether oxygens (including phenoxy) is 1. The van der Waals surface area contributed by atoms with Crippen molar-refractivity contribution in [2.75, 3.05) is 7.11 Å². The van der Waals surface area contributed by atoms with Crippen LogP contribution in [0.25, 0.3) is 18.0 Å². The number of methoxy groups -OCH3 is 1. The summed E-state index contributed by atoms with van der Waals surface area (Å²) in [6, 6.07) is 7.67. The van der Waals surface area contributed by atoms with Gasteiger partial charge in [0.15, 0.2) is 34.9 Å². The standard InChI is InChI=1S/C25H21F2N7O/c1-16-13-33(15-30-16)23-21(35-2)10-17(12-29-23)4-7-22-31-24-25(14-28,8-3-9-34(24)32-22)18-5-6-19(26)20(27)11-18/h4-7,10-13,15H,3,8-9H2,1-2H3/t25-/m0/s1. The third kappa shape index (κ3) is 3.95. The molecule has 1 aliphatic rings. The van der Waals surface area contributed by atoms with Crippen LogP contribution in [-0.4, -0.2) is 36.4 Å². The van der Waals surface area contributed by atoms with E-state index in [1.54, 1.807) is 41.0 Å². The maximum atomic E-state index is 14.0. The smallest absolute Gasteiger partial charge is 0.180 e. The number of aryl methyl sites for hydroxylation is 2. The number of nitriles is 1. The van der Waals surface area contributed by atoms with Crippen LogP contribution >= 0.6 is 0 Å². The second-order valence-corrected chi connectivity index (χ2v) is 8.32. The van der Waals surface area contributed by atoms with E-state index in [-0.39, 0.29) is 0 Å². The molecule has 0 aliphatic carbocycles. The van der Waals surface area contributed by atoms with Gasteiger partial charge in [-0.2, -0.15) is 10.4 Å². The highest BCUT2D eigenvalue weighted by atomic mass is 19.2. The van der Waals surface area contributed by atoms with Crippen molar-refractivity contribution in [2.24, 2.45) is 0 Å². The summed E-state index contributed by atoms with van der Waals surface area (Å²) >= 11 is 0.